The second-order valence-corrected chi connectivity index (χ2v) is 12.6. The Labute approximate surface area is 230 Å². The summed E-state index contributed by atoms with van der Waals surface area (Å²) in [6, 6.07) is 23.8. The number of fused-ring (bicyclic) bond motifs is 4. The van der Waals surface area contributed by atoms with E-state index in [4.69, 9.17) is 4.74 Å². The first kappa shape index (κ1) is 25.5. The van der Waals surface area contributed by atoms with Gasteiger partial charge >= 0.3 is 0 Å². The van der Waals surface area contributed by atoms with Crippen LogP contribution in [0.2, 0.25) is 0 Å². The zero-order chi connectivity index (χ0) is 27.7. The Morgan fingerprint density at radius 1 is 0.641 bits per heavy atom. The molecule has 4 nitrogen and oxygen atoms in total. The number of methoxy groups -OCH3 is 1. The van der Waals surface area contributed by atoms with Crippen molar-refractivity contribution in [1.29, 1.82) is 0 Å². The van der Waals surface area contributed by atoms with E-state index in [-0.39, 0.29) is 34.4 Å². The second kappa shape index (κ2) is 8.62. The van der Waals surface area contributed by atoms with E-state index in [0.29, 0.717) is 0 Å². The number of phenols is 2. The van der Waals surface area contributed by atoms with E-state index in [1.807, 2.05) is 60.7 Å². The molecule has 4 aromatic carbocycles. The number of hydrogen-bond acceptors (Lipinski definition) is 4. The van der Waals surface area contributed by atoms with Gasteiger partial charge in [0.05, 0.1) is 13.7 Å². The molecule has 1 unspecified atom stereocenters. The van der Waals surface area contributed by atoms with Gasteiger partial charge in [-0.15, -0.1) is 0 Å². The predicted octanol–water partition coefficient (Wildman–Crippen LogP) is 7.58. The minimum absolute atomic E-state index is 0.00573. The van der Waals surface area contributed by atoms with Crippen LogP contribution in [-0.4, -0.2) is 22.4 Å². The molecule has 0 amide bonds. The number of aliphatic hydroxyl groups excluding tert-OH is 1. The summed E-state index contributed by atoms with van der Waals surface area (Å²) in [6.45, 7) is 9.14. The van der Waals surface area contributed by atoms with Crippen LogP contribution in [0.3, 0.4) is 0 Å². The molecule has 0 bridgehead atoms. The molecule has 200 valence electrons. The highest BCUT2D eigenvalue weighted by Crippen LogP contribution is 2.64. The first-order valence-corrected chi connectivity index (χ1v) is 13.6. The fourth-order valence-corrected chi connectivity index (χ4v) is 7.40. The molecule has 2 aliphatic rings. The van der Waals surface area contributed by atoms with Crippen LogP contribution >= 0.6 is 0 Å². The van der Waals surface area contributed by atoms with E-state index in [1.54, 1.807) is 7.11 Å². The molecule has 0 aromatic heterocycles. The van der Waals surface area contributed by atoms with Gasteiger partial charge in [0.25, 0.3) is 0 Å². The van der Waals surface area contributed by atoms with Gasteiger partial charge < -0.3 is 20.1 Å². The summed E-state index contributed by atoms with van der Waals surface area (Å²) < 4.78 is 5.32. The van der Waals surface area contributed by atoms with E-state index >= 15 is 0 Å². The zero-order valence-electron chi connectivity index (χ0n) is 23.3. The van der Waals surface area contributed by atoms with Crippen LogP contribution in [0.5, 0.6) is 17.2 Å². The van der Waals surface area contributed by atoms with Crippen molar-refractivity contribution >= 4 is 0 Å². The fourth-order valence-electron chi connectivity index (χ4n) is 7.40. The van der Waals surface area contributed by atoms with Crippen molar-refractivity contribution in [3.05, 3.63) is 101 Å². The third kappa shape index (κ3) is 3.84. The molecule has 0 radical (unpaired) electrons. The van der Waals surface area contributed by atoms with Crippen LogP contribution in [0.15, 0.2) is 72.8 Å². The summed E-state index contributed by atoms with van der Waals surface area (Å²) >= 11 is 0. The molecule has 0 saturated carbocycles. The molecular formula is C35H36O4. The number of hydrogen-bond donors (Lipinski definition) is 3. The lowest BCUT2D eigenvalue weighted by Gasteiger charge is -2.30. The summed E-state index contributed by atoms with van der Waals surface area (Å²) in [6.07, 6.45) is 1.81. The highest BCUT2D eigenvalue weighted by Gasteiger charge is 2.56. The molecular weight excluding hydrogens is 484 g/mol. The van der Waals surface area contributed by atoms with Gasteiger partial charge in [0, 0.05) is 16.5 Å². The van der Waals surface area contributed by atoms with Gasteiger partial charge in [-0.25, -0.2) is 0 Å². The molecule has 39 heavy (non-hydrogen) atoms. The van der Waals surface area contributed by atoms with Crippen LogP contribution in [0.1, 0.15) is 68.4 Å². The molecule has 0 fully saturated rings. The smallest absolute Gasteiger partial charge is 0.123 e. The van der Waals surface area contributed by atoms with Crippen molar-refractivity contribution < 1.29 is 20.1 Å². The largest absolute Gasteiger partial charge is 0.507 e. The molecule has 4 aromatic rings. The molecule has 1 atom stereocenters. The number of ether oxygens (including phenoxy) is 1. The summed E-state index contributed by atoms with van der Waals surface area (Å²) in [4.78, 5) is 0. The Kier molecular flexibility index (Phi) is 5.64. The lowest BCUT2D eigenvalue weighted by Crippen LogP contribution is -2.26. The van der Waals surface area contributed by atoms with E-state index < -0.39 is 0 Å². The summed E-state index contributed by atoms with van der Waals surface area (Å²) in [5, 5.41) is 32.1. The normalized spacial score (nSPS) is 20.2. The number of phenolic OH excluding ortho intramolecular Hbond substituents is 2. The Balaban J connectivity index is 1.51. The van der Waals surface area contributed by atoms with Crippen LogP contribution in [0.4, 0.5) is 0 Å². The van der Waals surface area contributed by atoms with Gasteiger partial charge in [-0.1, -0.05) is 64.1 Å². The number of aliphatic hydroxyl groups is 1. The quantitative estimate of drug-likeness (QED) is 0.259. The maximum absolute atomic E-state index is 11.3. The summed E-state index contributed by atoms with van der Waals surface area (Å²) in [5.74, 6) is 1.31. The Hall–Kier alpha value is -3.76. The van der Waals surface area contributed by atoms with Gasteiger partial charge in [-0.3, -0.25) is 0 Å². The van der Waals surface area contributed by atoms with Crippen molar-refractivity contribution in [3.63, 3.8) is 0 Å². The first-order valence-electron chi connectivity index (χ1n) is 13.6. The molecule has 0 heterocycles. The number of benzene rings is 4. The fraction of sp³-hybridized carbons (Fsp3) is 0.314. The monoisotopic (exact) mass is 520 g/mol. The minimum atomic E-state index is -0.301. The Morgan fingerprint density at radius 2 is 1.08 bits per heavy atom. The average molecular weight is 521 g/mol. The lowest BCUT2D eigenvalue weighted by atomic mass is 9.72. The molecule has 0 aliphatic heterocycles. The highest BCUT2D eigenvalue weighted by molar-refractivity contribution is 5.77. The van der Waals surface area contributed by atoms with Gasteiger partial charge in [-0.2, -0.15) is 0 Å². The molecule has 1 spiro atoms. The maximum atomic E-state index is 11.3. The summed E-state index contributed by atoms with van der Waals surface area (Å²) in [7, 11) is 1.65. The van der Waals surface area contributed by atoms with Crippen LogP contribution in [-0.2, 0) is 22.9 Å². The Morgan fingerprint density at radius 3 is 1.49 bits per heavy atom. The van der Waals surface area contributed by atoms with Crippen molar-refractivity contribution in [3.8, 4) is 39.5 Å². The topological polar surface area (TPSA) is 69.9 Å². The second-order valence-electron chi connectivity index (χ2n) is 12.6. The lowest BCUT2D eigenvalue weighted by molar-refractivity contribution is 0.282. The van der Waals surface area contributed by atoms with E-state index in [0.717, 1.165) is 57.5 Å². The predicted molar refractivity (Wildman–Crippen MR) is 156 cm³/mol. The van der Waals surface area contributed by atoms with E-state index in [9.17, 15) is 15.3 Å². The Bertz CT molecular complexity index is 1460. The van der Waals surface area contributed by atoms with Crippen molar-refractivity contribution in [2.24, 2.45) is 0 Å². The summed E-state index contributed by atoms with van der Waals surface area (Å²) in [5.41, 5.74) is 8.62. The number of rotatable bonds is 4. The third-order valence-electron chi connectivity index (χ3n) is 9.10. The maximum Gasteiger partial charge on any atom is 0.123 e. The first-order chi connectivity index (χ1) is 18.5. The van der Waals surface area contributed by atoms with E-state index in [2.05, 4.69) is 39.8 Å². The van der Waals surface area contributed by atoms with Gasteiger partial charge in [-0.05, 0) is 99.0 Å². The standard InChI is InChI=1S/C35H36O4/c1-33(2)19-35(29-16-31(37)25(14-27(29)33)22-8-6-21(18-36)7-9-22)20-34(3,4)28-15-26(32(38)17-30(28)35)23-10-12-24(39-5)13-11-23/h6-17,36-38H,18-20H2,1-5H3. The highest BCUT2D eigenvalue weighted by atomic mass is 16.5. The van der Waals surface area contributed by atoms with Crippen LogP contribution in [0, 0.1) is 0 Å². The van der Waals surface area contributed by atoms with Crippen molar-refractivity contribution in [1.82, 2.24) is 0 Å². The third-order valence-corrected chi connectivity index (χ3v) is 9.10. The van der Waals surface area contributed by atoms with Crippen molar-refractivity contribution in [2.45, 2.75) is 63.4 Å². The van der Waals surface area contributed by atoms with Crippen LogP contribution in [0.25, 0.3) is 22.3 Å². The molecule has 6 rings (SSSR count). The zero-order valence-corrected chi connectivity index (χ0v) is 23.3. The minimum Gasteiger partial charge on any atom is -0.507 e. The molecule has 3 N–H and O–H groups in total. The van der Waals surface area contributed by atoms with Crippen molar-refractivity contribution in [2.75, 3.05) is 7.11 Å². The van der Waals surface area contributed by atoms with Gasteiger partial charge in [0.1, 0.15) is 17.2 Å². The van der Waals surface area contributed by atoms with E-state index in [1.165, 1.54) is 11.1 Å². The van der Waals surface area contributed by atoms with Gasteiger partial charge in [0.15, 0.2) is 0 Å². The average Bonchev–Trinajstić information content (AvgIpc) is 3.26. The SMILES string of the molecule is COc1ccc(-c2cc3c(cc2O)C2(CC(C)(C)c4cc(-c5ccc(CO)cc5)c(O)cc42)CC3(C)C)cc1. The number of aromatic hydroxyl groups is 2. The van der Waals surface area contributed by atoms with Crippen LogP contribution < -0.4 is 4.74 Å². The molecule has 0 saturated heterocycles. The molecule has 2 aliphatic carbocycles. The molecule has 4 heteroatoms. The van der Waals surface area contributed by atoms with Gasteiger partial charge in [0.2, 0.25) is 0 Å².